The first kappa shape index (κ1) is 24.8. The van der Waals surface area contributed by atoms with E-state index in [1.54, 1.807) is 12.4 Å². The van der Waals surface area contributed by atoms with Gasteiger partial charge in [0.1, 0.15) is 0 Å². The van der Waals surface area contributed by atoms with Crippen LogP contribution in [0.1, 0.15) is 34.0 Å². The second kappa shape index (κ2) is 11.4. The number of aromatic nitrogens is 4. The molecule has 5 N–H and O–H groups in total. The highest BCUT2D eigenvalue weighted by Gasteiger charge is 2.18. The van der Waals surface area contributed by atoms with Gasteiger partial charge in [0.15, 0.2) is 11.6 Å². The maximum absolute atomic E-state index is 12.5. The Labute approximate surface area is 206 Å². The second-order valence-electron chi connectivity index (χ2n) is 8.92. The SMILES string of the molecule is CCNCCNCCNC(=O)c1cnn(-c2nc(-c3cc(C)c4c(c3)CN(C)CC4)cnc2N)c1. The lowest BCUT2D eigenvalue weighted by Crippen LogP contribution is -2.34. The summed E-state index contributed by atoms with van der Waals surface area (Å²) in [4.78, 5) is 24.0. The topological polar surface area (TPSA) is 126 Å². The van der Waals surface area contributed by atoms with Crippen molar-refractivity contribution >= 4 is 11.7 Å². The Morgan fingerprint density at radius 1 is 1.14 bits per heavy atom. The van der Waals surface area contributed by atoms with Crippen LogP contribution >= 0.6 is 0 Å². The number of benzene rings is 1. The molecule has 1 amide bonds. The quantitative estimate of drug-likeness (QED) is 0.320. The third kappa shape index (κ3) is 6.02. The Morgan fingerprint density at radius 2 is 1.94 bits per heavy atom. The molecule has 1 aliphatic heterocycles. The van der Waals surface area contributed by atoms with Crippen molar-refractivity contribution in [2.75, 3.05) is 52.0 Å². The number of fused-ring (bicyclic) bond motifs is 1. The number of amides is 1. The van der Waals surface area contributed by atoms with E-state index >= 15 is 0 Å². The molecule has 0 radical (unpaired) electrons. The van der Waals surface area contributed by atoms with Crippen LogP contribution in [-0.4, -0.2) is 76.9 Å². The molecular weight excluding hydrogens is 442 g/mol. The zero-order valence-electron chi connectivity index (χ0n) is 20.8. The van der Waals surface area contributed by atoms with Crippen LogP contribution < -0.4 is 21.7 Å². The van der Waals surface area contributed by atoms with Crippen LogP contribution in [0.15, 0.2) is 30.7 Å². The van der Waals surface area contributed by atoms with Gasteiger partial charge < -0.3 is 26.6 Å². The Hall–Kier alpha value is -3.34. The molecule has 0 bridgehead atoms. The number of carbonyl (C=O) groups is 1. The fourth-order valence-corrected chi connectivity index (χ4v) is 4.31. The fourth-order valence-electron chi connectivity index (χ4n) is 4.31. The molecule has 3 heterocycles. The minimum atomic E-state index is -0.193. The van der Waals surface area contributed by atoms with Gasteiger partial charge in [-0.15, -0.1) is 0 Å². The standard InChI is InChI=1S/C25H35N9O/c1-4-27-6-7-28-8-9-29-25(35)20-13-31-34(16-20)24-23(26)30-14-22(32-24)18-11-17(2)21-5-10-33(3)15-19(21)12-18/h11-14,16,27-28H,4-10,15H2,1-3H3,(H2,26,30)(H,29,35). The predicted molar refractivity (Wildman–Crippen MR) is 138 cm³/mol. The maximum atomic E-state index is 12.5. The monoisotopic (exact) mass is 477 g/mol. The normalized spacial score (nSPS) is 13.6. The van der Waals surface area contributed by atoms with Gasteiger partial charge in [0.2, 0.25) is 0 Å². The molecule has 0 saturated carbocycles. The Balaban J connectivity index is 1.46. The first-order chi connectivity index (χ1) is 17.0. The van der Waals surface area contributed by atoms with E-state index in [1.807, 2.05) is 0 Å². The lowest BCUT2D eigenvalue weighted by atomic mass is 9.92. The van der Waals surface area contributed by atoms with E-state index in [0.29, 0.717) is 24.5 Å². The smallest absolute Gasteiger partial charge is 0.254 e. The zero-order valence-corrected chi connectivity index (χ0v) is 20.8. The van der Waals surface area contributed by atoms with E-state index < -0.39 is 0 Å². The molecule has 10 heteroatoms. The molecule has 0 fully saturated rings. The summed E-state index contributed by atoms with van der Waals surface area (Å²) in [5.74, 6) is 0.462. The molecule has 1 aliphatic rings. The molecule has 35 heavy (non-hydrogen) atoms. The number of hydrogen-bond acceptors (Lipinski definition) is 8. The molecule has 2 aromatic heterocycles. The van der Waals surface area contributed by atoms with Crippen molar-refractivity contribution in [2.45, 2.75) is 26.8 Å². The Morgan fingerprint density at radius 3 is 2.77 bits per heavy atom. The number of nitrogens with two attached hydrogens (primary N) is 1. The third-order valence-corrected chi connectivity index (χ3v) is 6.20. The van der Waals surface area contributed by atoms with Crippen molar-refractivity contribution in [3.8, 4) is 17.1 Å². The number of nitrogen functional groups attached to an aromatic ring is 1. The van der Waals surface area contributed by atoms with Crippen molar-refractivity contribution < 1.29 is 4.79 Å². The number of hydrogen-bond donors (Lipinski definition) is 4. The molecule has 0 spiro atoms. The van der Waals surface area contributed by atoms with Crippen LogP contribution in [0.2, 0.25) is 0 Å². The molecule has 0 atom stereocenters. The summed E-state index contributed by atoms with van der Waals surface area (Å²) in [6, 6.07) is 4.35. The minimum absolute atomic E-state index is 0.193. The Bertz CT molecular complexity index is 1170. The highest BCUT2D eigenvalue weighted by molar-refractivity contribution is 5.93. The summed E-state index contributed by atoms with van der Waals surface area (Å²) < 4.78 is 1.51. The van der Waals surface area contributed by atoms with Crippen LogP contribution in [0.25, 0.3) is 17.1 Å². The number of anilines is 1. The Kier molecular flexibility index (Phi) is 8.06. The van der Waals surface area contributed by atoms with Crippen molar-refractivity contribution in [1.82, 2.24) is 40.6 Å². The molecule has 4 rings (SSSR count). The van der Waals surface area contributed by atoms with Gasteiger partial charge in [0.25, 0.3) is 5.91 Å². The van der Waals surface area contributed by atoms with E-state index in [4.69, 9.17) is 10.7 Å². The first-order valence-corrected chi connectivity index (χ1v) is 12.1. The van der Waals surface area contributed by atoms with Crippen molar-refractivity contribution in [1.29, 1.82) is 0 Å². The molecule has 0 saturated heterocycles. The van der Waals surface area contributed by atoms with E-state index in [2.05, 4.69) is 64.0 Å². The van der Waals surface area contributed by atoms with Gasteiger partial charge in [-0.1, -0.05) is 6.92 Å². The largest absolute Gasteiger partial charge is 0.381 e. The number of aryl methyl sites for hydroxylation is 1. The number of nitrogens with zero attached hydrogens (tertiary/aromatic N) is 5. The van der Waals surface area contributed by atoms with Crippen LogP contribution in [0.5, 0.6) is 0 Å². The van der Waals surface area contributed by atoms with Gasteiger partial charge in [-0.25, -0.2) is 14.6 Å². The van der Waals surface area contributed by atoms with Gasteiger partial charge in [0.05, 0.1) is 23.7 Å². The van der Waals surface area contributed by atoms with Gasteiger partial charge in [-0.05, 0) is 55.8 Å². The minimum Gasteiger partial charge on any atom is -0.381 e. The number of rotatable bonds is 10. The number of likely N-dealkylation sites (N-methyl/N-ethyl adjacent to an activating group) is 2. The van der Waals surface area contributed by atoms with Gasteiger partial charge in [-0.2, -0.15) is 5.10 Å². The number of nitrogens with one attached hydrogen (secondary N) is 3. The van der Waals surface area contributed by atoms with E-state index in [9.17, 15) is 4.79 Å². The summed E-state index contributed by atoms with van der Waals surface area (Å²) in [6.07, 6.45) is 5.89. The molecule has 186 valence electrons. The number of carbonyl (C=O) groups excluding carboxylic acids is 1. The lowest BCUT2D eigenvalue weighted by Gasteiger charge is -2.27. The van der Waals surface area contributed by atoms with Crippen molar-refractivity contribution in [3.05, 3.63) is 53.0 Å². The van der Waals surface area contributed by atoms with Crippen molar-refractivity contribution in [2.24, 2.45) is 0 Å². The van der Waals surface area contributed by atoms with Crippen LogP contribution in [0.4, 0.5) is 5.82 Å². The summed E-state index contributed by atoms with van der Waals surface area (Å²) in [5, 5.41) is 13.7. The van der Waals surface area contributed by atoms with E-state index in [1.165, 1.54) is 27.6 Å². The maximum Gasteiger partial charge on any atom is 0.254 e. The molecule has 0 aliphatic carbocycles. The zero-order chi connectivity index (χ0) is 24.8. The molecule has 3 aromatic rings. The second-order valence-corrected chi connectivity index (χ2v) is 8.92. The molecule has 10 nitrogen and oxygen atoms in total. The average molecular weight is 478 g/mol. The van der Waals surface area contributed by atoms with Gasteiger partial charge >= 0.3 is 0 Å². The third-order valence-electron chi connectivity index (χ3n) is 6.20. The van der Waals surface area contributed by atoms with Crippen LogP contribution in [-0.2, 0) is 13.0 Å². The van der Waals surface area contributed by atoms with E-state index in [0.717, 1.165) is 50.4 Å². The highest BCUT2D eigenvalue weighted by Crippen LogP contribution is 2.29. The van der Waals surface area contributed by atoms with Crippen LogP contribution in [0.3, 0.4) is 0 Å². The first-order valence-electron chi connectivity index (χ1n) is 12.1. The van der Waals surface area contributed by atoms with Gasteiger partial charge in [-0.3, -0.25) is 4.79 Å². The average Bonchev–Trinajstić information content (AvgIpc) is 3.33. The molecule has 0 unspecified atom stereocenters. The highest BCUT2D eigenvalue weighted by atomic mass is 16.1. The summed E-state index contributed by atoms with van der Waals surface area (Å²) in [6.45, 7) is 10.1. The van der Waals surface area contributed by atoms with Crippen LogP contribution in [0, 0.1) is 6.92 Å². The molecular formula is C25H35N9O. The fraction of sp³-hybridized carbons (Fsp3) is 0.440. The predicted octanol–water partition coefficient (Wildman–Crippen LogP) is 1.14. The molecule has 1 aromatic carbocycles. The summed E-state index contributed by atoms with van der Waals surface area (Å²) in [5.41, 5.74) is 12.3. The van der Waals surface area contributed by atoms with Crippen molar-refractivity contribution in [3.63, 3.8) is 0 Å². The van der Waals surface area contributed by atoms with Gasteiger partial charge in [0, 0.05) is 51.0 Å². The summed E-state index contributed by atoms with van der Waals surface area (Å²) >= 11 is 0. The lowest BCUT2D eigenvalue weighted by molar-refractivity contribution is 0.0954. The summed E-state index contributed by atoms with van der Waals surface area (Å²) in [7, 11) is 2.14. The van der Waals surface area contributed by atoms with E-state index in [-0.39, 0.29) is 11.7 Å².